The van der Waals surface area contributed by atoms with Crippen molar-refractivity contribution in [3.8, 4) is 0 Å². The Balaban J connectivity index is 2.49. The molecule has 1 aliphatic heterocycles. The molecule has 2 atom stereocenters. The lowest BCUT2D eigenvalue weighted by Gasteiger charge is -2.26. The van der Waals surface area contributed by atoms with Crippen molar-refractivity contribution in [1.82, 2.24) is 0 Å². The van der Waals surface area contributed by atoms with Crippen molar-refractivity contribution >= 4 is 0 Å². The summed E-state index contributed by atoms with van der Waals surface area (Å²) in [6, 6.07) is 0. The number of epoxide rings is 1. The molecule has 12 heavy (non-hydrogen) atoms. The summed E-state index contributed by atoms with van der Waals surface area (Å²) in [5.74, 6) is 0.891. The molecule has 0 amide bonds. The highest BCUT2D eigenvalue weighted by Gasteiger charge is 2.40. The van der Waals surface area contributed by atoms with Gasteiger partial charge in [-0.15, -0.1) is 0 Å². The van der Waals surface area contributed by atoms with Gasteiger partial charge in [0.1, 0.15) is 0 Å². The van der Waals surface area contributed by atoms with Gasteiger partial charge in [-0.1, -0.05) is 13.8 Å². The Morgan fingerprint density at radius 3 is 2.00 bits per heavy atom. The Hall–Kier alpha value is -0.120. The van der Waals surface area contributed by atoms with Gasteiger partial charge in [0.2, 0.25) is 0 Å². The van der Waals surface area contributed by atoms with Crippen LogP contribution >= 0.6 is 0 Å². The molecule has 0 radical (unpaired) electrons. The first kappa shape index (κ1) is 9.96. The van der Waals surface area contributed by atoms with E-state index in [0.717, 1.165) is 6.61 Å². The standard InChI is InChI=1S/C9H18O3/c1-6(2)8(7-5-12-7)9(10-3)11-4/h6-9H,5H2,1-4H3/t7-,8-/m0/s1. The van der Waals surface area contributed by atoms with Crippen LogP contribution in [0.5, 0.6) is 0 Å². The molecule has 1 saturated heterocycles. The van der Waals surface area contributed by atoms with Crippen LogP contribution in [0.25, 0.3) is 0 Å². The van der Waals surface area contributed by atoms with Gasteiger partial charge in [0, 0.05) is 20.1 Å². The summed E-state index contributed by atoms with van der Waals surface area (Å²) < 4.78 is 15.7. The van der Waals surface area contributed by atoms with E-state index in [4.69, 9.17) is 14.2 Å². The second kappa shape index (κ2) is 4.21. The molecule has 0 aromatic heterocycles. The maximum absolute atomic E-state index is 5.26. The lowest BCUT2D eigenvalue weighted by molar-refractivity contribution is -0.151. The van der Waals surface area contributed by atoms with Crippen molar-refractivity contribution in [1.29, 1.82) is 0 Å². The van der Waals surface area contributed by atoms with E-state index in [1.807, 2.05) is 0 Å². The average Bonchev–Trinajstić information content (AvgIpc) is 2.82. The number of ether oxygens (including phenoxy) is 3. The fourth-order valence-electron chi connectivity index (χ4n) is 1.61. The molecule has 0 aromatic rings. The van der Waals surface area contributed by atoms with Crippen LogP contribution in [0, 0.1) is 11.8 Å². The molecule has 1 rings (SSSR count). The first-order valence-corrected chi connectivity index (χ1v) is 4.38. The van der Waals surface area contributed by atoms with Crippen LogP contribution in [-0.4, -0.2) is 33.2 Å². The van der Waals surface area contributed by atoms with Crippen molar-refractivity contribution in [3.05, 3.63) is 0 Å². The van der Waals surface area contributed by atoms with Gasteiger partial charge in [-0.05, 0) is 5.92 Å². The highest BCUT2D eigenvalue weighted by Crippen LogP contribution is 2.31. The number of rotatable bonds is 5. The average molecular weight is 174 g/mol. The summed E-state index contributed by atoms with van der Waals surface area (Å²) >= 11 is 0. The van der Waals surface area contributed by atoms with Crippen LogP contribution in [0.15, 0.2) is 0 Å². The molecule has 1 aliphatic rings. The van der Waals surface area contributed by atoms with E-state index < -0.39 is 0 Å². The zero-order valence-corrected chi connectivity index (χ0v) is 8.24. The van der Waals surface area contributed by atoms with E-state index in [9.17, 15) is 0 Å². The molecule has 1 fully saturated rings. The summed E-state index contributed by atoms with van der Waals surface area (Å²) in [4.78, 5) is 0. The smallest absolute Gasteiger partial charge is 0.162 e. The van der Waals surface area contributed by atoms with E-state index >= 15 is 0 Å². The lowest BCUT2D eigenvalue weighted by atomic mass is 9.92. The van der Waals surface area contributed by atoms with Gasteiger partial charge < -0.3 is 14.2 Å². The van der Waals surface area contributed by atoms with Gasteiger partial charge in [0.25, 0.3) is 0 Å². The molecular weight excluding hydrogens is 156 g/mol. The Labute approximate surface area is 74.0 Å². The largest absolute Gasteiger partial charge is 0.373 e. The third-order valence-electron chi connectivity index (χ3n) is 2.34. The normalized spacial score (nSPS) is 25.0. The van der Waals surface area contributed by atoms with Crippen molar-refractivity contribution < 1.29 is 14.2 Å². The second-order valence-corrected chi connectivity index (χ2v) is 3.53. The fourth-order valence-corrected chi connectivity index (χ4v) is 1.61. The van der Waals surface area contributed by atoms with E-state index in [1.54, 1.807) is 14.2 Å². The SMILES string of the molecule is COC(OC)[C@@H](C(C)C)[C@@H]1CO1. The molecule has 1 heterocycles. The summed E-state index contributed by atoms with van der Waals surface area (Å²) in [5.41, 5.74) is 0. The summed E-state index contributed by atoms with van der Waals surface area (Å²) in [5, 5.41) is 0. The van der Waals surface area contributed by atoms with Crippen molar-refractivity contribution in [2.45, 2.75) is 26.2 Å². The first-order chi connectivity index (χ1) is 5.70. The summed E-state index contributed by atoms with van der Waals surface area (Å²) in [6.07, 6.45) is 0.215. The fraction of sp³-hybridized carbons (Fsp3) is 1.00. The quantitative estimate of drug-likeness (QED) is 0.464. The number of hydrogen-bond donors (Lipinski definition) is 0. The van der Waals surface area contributed by atoms with Gasteiger partial charge in [-0.25, -0.2) is 0 Å². The van der Waals surface area contributed by atoms with Crippen molar-refractivity contribution in [2.75, 3.05) is 20.8 Å². The van der Waals surface area contributed by atoms with Crippen LogP contribution < -0.4 is 0 Å². The maximum Gasteiger partial charge on any atom is 0.162 e. The molecule has 0 aromatic carbocycles. The van der Waals surface area contributed by atoms with E-state index in [-0.39, 0.29) is 6.29 Å². The topological polar surface area (TPSA) is 31.0 Å². The lowest BCUT2D eigenvalue weighted by Crippen LogP contribution is -2.33. The van der Waals surface area contributed by atoms with Crippen molar-refractivity contribution in [3.63, 3.8) is 0 Å². The van der Waals surface area contributed by atoms with E-state index in [1.165, 1.54) is 0 Å². The molecule has 0 aliphatic carbocycles. The van der Waals surface area contributed by atoms with Gasteiger partial charge in [0.15, 0.2) is 6.29 Å². The second-order valence-electron chi connectivity index (χ2n) is 3.53. The van der Waals surface area contributed by atoms with Crippen molar-refractivity contribution in [2.24, 2.45) is 11.8 Å². The number of methoxy groups -OCH3 is 2. The molecule has 0 spiro atoms. The highest BCUT2D eigenvalue weighted by atomic mass is 16.7. The zero-order valence-electron chi connectivity index (χ0n) is 8.24. The Kier molecular flexibility index (Phi) is 3.50. The predicted molar refractivity (Wildman–Crippen MR) is 45.9 cm³/mol. The molecule has 3 nitrogen and oxygen atoms in total. The molecule has 0 bridgehead atoms. The Morgan fingerprint density at radius 1 is 1.25 bits per heavy atom. The molecule has 72 valence electrons. The van der Waals surface area contributed by atoms with E-state index in [2.05, 4.69) is 13.8 Å². The zero-order chi connectivity index (χ0) is 9.14. The van der Waals surface area contributed by atoms with Gasteiger partial charge >= 0.3 is 0 Å². The molecule has 3 heteroatoms. The van der Waals surface area contributed by atoms with Crippen LogP contribution in [0.4, 0.5) is 0 Å². The molecule has 0 unspecified atom stereocenters. The van der Waals surface area contributed by atoms with Gasteiger partial charge in [0.05, 0.1) is 12.7 Å². The minimum absolute atomic E-state index is 0.127. The van der Waals surface area contributed by atoms with E-state index in [0.29, 0.717) is 17.9 Å². The van der Waals surface area contributed by atoms with Gasteiger partial charge in [-0.3, -0.25) is 0 Å². The monoisotopic (exact) mass is 174 g/mol. The van der Waals surface area contributed by atoms with Crippen LogP contribution in [0.1, 0.15) is 13.8 Å². The third kappa shape index (κ3) is 2.19. The first-order valence-electron chi connectivity index (χ1n) is 4.38. The van der Waals surface area contributed by atoms with Gasteiger partial charge in [-0.2, -0.15) is 0 Å². The van der Waals surface area contributed by atoms with Crippen LogP contribution in [0.2, 0.25) is 0 Å². The highest BCUT2D eigenvalue weighted by molar-refractivity contribution is 4.83. The number of hydrogen-bond acceptors (Lipinski definition) is 3. The Morgan fingerprint density at radius 2 is 1.75 bits per heavy atom. The predicted octanol–water partition coefficient (Wildman–Crippen LogP) is 1.28. The minimum atomic E-state index is -0.127. The Bertz CT molecular complexity index is 126. The third-order valence-corrected chi connectivity index (χ3v) is 2.34. The van der Waals surface area contributed by atoms with Crippen LogP contribution in [-0.2, 0) is 14.2 Å². The molecule has 0 N–H and O–H groups in total. The molecule has 0 saturated carbocycles. The van der Waals surface area contributed by atoms with Crippen LogP contribution in [0.3, 0.4) is 0 Å². The minimum Gasteiger partial charge on any atom is -0.373 e. The summed E-state index contributed by atoms with van der Waals surface area (Å²) in [7, 11) is 3.35. The molecular formula is C9H18O3. The summed E-state index contributed by atoms with van der Waals surface area (Å²) in [6.45, 7) is 5.18. The maximum atomic E-state index is 5.26.